The third kappa shape index (κ3) is 3.89. The summed E-state index contributed by atoms with van der Waals surface area (Å²) in [7, 11) is 0. The van der Waals surface area contributed by atoms with Crippen LogP contribution in [0.15, 0.2) is 0 Å². The number of rotatable bonds is 7. The van der Waals surface area contributed by atoms with Crippen LogP contribution in [-0.4, -0.2) is 52.3 Å². The second kappa shape index (κ2) is 7.11. The molecule has 6 nitrogen and oxygen atoms in total. The van der Waals surface area contributed by atoms with Crippen LogP contribution in [-0.2, 0) is 4.79 Å². The molecular formula is C11H22N2O4. The average molecular weight is 246 g/mol. The summed E-state index contributed by atoms with van der Waals surface area (Å²) in [6.07, 6.45) is 0.641. The lowest BCUT2D eigenvalue weighted by Crippen LogP contribution is -2.57. The number of hydrogen-bond donors (Lipinski definition) is 3. The molecule has 0 aromatic rings. The first-order valence-corrected chi connectivity index (χ1v) is 5.88. The van der Waals surface area contributed by atoms with Gasteiger partial charge in [-0.05, 0) is 19.8 Å². The van der Waals surface area contributed by atoms with E-state index in [4.69, 9.17) is 5.11 Å². The molecule has 2 amide bonds. The van der Waals surface area contributed by atoms with E-state index < -0.39 is 17.5 Å². The molecule has 0 spiro atoms. The van der Waals surface area contributed by atoms with E-state index in [2.05, 4.69) is 5.32 Å². The van der Waals surface area contributed by atoms with Crippen LogP contribution in [0.25, 0.3) is 0 Å². The van der Waals surface area contributed by atoms with Gasteiger partial charge in [0.15, 0.2) is 0 Å². The van der Waals surface area contributed by atoms with Crippen molar-refractivity contribution < 1.29 is 19.8 Å². The molecule has 0 saturated heterocycles. The summed E-state index contributed by atoms with van der Waals surface area (Å²) in [6.45, 7) is 5.70. The normalized spacial score (nSPS) is 11.1. The van der Waals surface area contributed by atoms with E-state index >= 15 is 0 Å². The number of carbonyl (C=O) groups is 2. The minimum absolute atomic E-state index is 0.139. The summed E-state index contributed by atoms with van der Waals surface area (Å²) in [5, 5.41) is 20.5. The van der Waals surface area contributed by atoms with Gasteiger partial charge in [-0.2, -0.15) is 0 Å². The molecular weight excluding hydrogens is 224 g/mol. The fourth-order valence-corrected chi connectivity index (χ4v) is 1.59. The van der Waals surface area contributed by atoms with Crippen molar-refractivity contribution in [2.24, 2.45) is 0 Å². The molecule has 0 saturated carbocycles. The summed E-state index contributed by atoms with van der Waals surface area (Å²) < 4.78 is 0. The summed E-state index contributed by atoms with van der Waals surface area (Å²) in [5.41, 5.74) is -1.22. The lowest BCUT2D eigenvalue weighted by atomic mass is 9.93. The van der Waals surface area contributed by atoms with Gasteiger partial charge in [0.25, 0.3) is 0 Å². The molecule has 0 unspecified atom stereocenters. The zero-order valence-electron chi connectivity index (χ0n) is 10.7. The molecule has 0 fully saturated rings. The number of amides is 2. The standard InChI is InChI=1S/C11H22N2O4/c1-4-11(5-2,9(15)16)12-10(17)13(6-3)7-8-14/h14H,4-8H2,1-3H3,(H,12,17)(H,15,16). The van der Waals surface area contributed by atoms with E-state index in [1.165, 1.54) is 4.90 Å². The van der Waals surface area contributed by atoms with Gasteiger partial charge in [-0.3, -0.25) is 0 Å². The van der Waals surface area contributed by atoms with Gasteiger partial charge < -0.3 is 20.4 Å². The number of aliphatic carboxylic acids is 1. The van der Waals surface area contributed by atoms with Crippen molar-refractivity contribution in [2.75, 3.05) is 19.7 Å². The number of carbonyl (C=O) groups excluding carboxylic acids is 1. The summed E-state index contributed by atoms with van der Waals surface area (Å²) in [5.74, 6) is -1.03. The van der Waals surface area contributed by atoms with Gasteiger partial charge >= 0.3 is 12.0 Å². The predicted molar refractivity (Wildman–Crippen MR) is 63.8 cm³/mol. The zero-order valence-corrected chi connectivity index (χ0v) is 10.7. The highest BCUT2D eigenvalue weighted by Gasteiger charge is 2.37. The van der Waals surface area contributed by atoms with Crippen LogP contribution in [0.5, 0.6) is 0 Å². The number of hydrogen-bond acceptors (Lipinski definition) is 3. The Bertz CT molecular complexity index is 264. The van der Waals surface area contributed by atoms with Crippen molar-refractivity contribution in [1.82, 2.24) is 10.2 Å². The fourth-order valence-electron chi connectivity index (χ4n) is 1.59. The Kier molecular flexibility index (Phi) is 6.57. The zero-order chi connectivity index (χ0) is 13.5. The topological polar surface area (TPSA) is 89.9 Å². The minimum Gasteiger partial charge on any atom is -0.480 e. The number of carboxylic acid groups (broad SMARTS) is 1. The Labute approximate surface area is 102 Å². The SMILES string of the molecule is CCN(CCO)C(=O)NC(CC)(CC)C(=O)O. The fraction of sp³-hybridized carbons (Fsp3) is 0.818. The maximum absolute atomic E-state index is 11.8. The Balaban J connectivity index is 4.76. The van der Waals surface area contributed by atoms with Crippen molar-refractivity contribution >= 4 is 12.0 Å². The van der Waals surface area contributed by atoms with Gasteiger partial charge in [-0.25, -0.2) is 9.59 Å². The molecule has 0 heterocycles. The quantitative estimate of drug-likeness (QED) is 0.615. The maximum Gasteiger partial charge on any atom is 0.329 e. The van der Waals surface area contributed by atoms with Crippen molar-refractivity contribution in [3.05, 3.63) is 0 Å². The molecule has 0 aromatic heterocycles. The molecule has 0 aliphatic rings. The largest absolute Gasteiger partial charge is 0.480 e. The van der Waals surface area contributed by atoms with Gasteiger partial charge in [-0.15, -0.1) is 0 Å². The number of nitrogens with zero attached hydrogens (tertiary/aromatic N) is 1. The lowest BCUT2D eigenvalue weighted by molar-refractivity contribution is -0.144. The highest BCUT2D eigenvalue weighted by molar-refractivity contribution is 5.86. The van der Waals surface area contributed by atoms with Gasteiger partial charge in [0.1, 0.15) is 5.54 Å². The summed E-state index contributed by atoms with van der Waals surface area (Å²) >= 11 is 0. The van der Waals surface area contributed by atoms with Crippen LogP contribution in [0, 0.1) is 0 Å². The highest BCUT2D eigenvalue weighted by Crippen LogP contribution is 2.15. The molecule has 0 rings (SSSR count). The van der Waals surface area contributed by atoms with E-state index in [1.54, 1.807) is 20.8 Å². The van der Waals surface area contributed by atoms with E-state index in [0.29, 0.717) is 19.4 Å². The second-order valence-corrected chi connectivity index (χ2v) is 3.83. The molecule has 3 N–H and O–H groups in total. The number of urea groups is 1. The maximum atomic E-state index is 11.8. The van der Waals surface area contributed by atoms with Gasteiger partial charge in [-0.1, -0.05) is 13.8 Å². The molecule has 0 atom stereocenters. The van der Waals surface area contributed by atoms with E-state index in [9.17, 15) is 14.7 Å². The van der Waals surface area contributed by atoms with E-state index in [-0.39, 0.29) is 13.2 Å². The monoisotopic (exact) mass is 246 g/mol. The highest BCUT2D eigenvalue weighted by atomic mass is 16.4. The number of likely N-dealkylation sites (N-methyl/N-ethyl adjacent to an activating group) is 1. The Morgan fingerprint density at radius 2 is 1.76 bits per heavy atom. The Morgan fingerprint density at radius 3 is 2.06 bits per heavy atom. The Hall–Kier alpha value is -1.30. The predicted octanol–water partition coefficient (Wildman–Crippen LogP) is 0.654. The van der Waals surface area contributed by atoms with Crippen LogP contribution in [0.4, 0.5) is 4.79 Å². The van der Waals surface area contributed by atoms with Crippen molar-refractivity contribution in [3.63, 3.8) is 0 Å². The van der Waals surface area contributed by atoms with Crippen molar-refractivity contribution in [3.8, 4) is 0 Å². The lowest BCUT2D eigenvalue weighted by Gasteiger charge is -2.31. The van der Waals surface area contributed by atoms with Crippen LogP contribution in [0.2, 0.25) is 0 Å². The third-order valence-electron chi connectivity index (χ3n) is 3.00. The minimum atomic E-state index is -1.22. The number of carboxylic acids is 1. The first-order chi connectivity index (χ1) is 7.97. The number of aliphatic hydroxyl groups is 1. The summed E-state index contributed by atoms with van der Waals surface area (Å²) in [6, 6.07) is -0.451. The number of nitrogens with one attached hydrogen (secondary N) is 1. The molecule has 0 aliphatic carbocycles. The third-order valence-corrected chi connectivity index (χ3v) is 3.00. The van der Waals surface area contributed by atoms with Crippen LogP contribution in [0.3, 0.4) is 0 Å². The number of aliphatic hydroxyl groups excluding tert-OH is 1. The first-order valence-electron chi connectivity index (χ1n) is 5.88. The van der Waals surface area contributed by atoms with Gasteiger partial charge in [0.2, 0.25) is 0 Å². The molecule has 0 radical (unpaired) electrons. The van der Waals surface area contributed by atoms with Gasteiger partial charge in [0.05, 0.1) is 6.61 Å². The van der Waals surface area contributed by atoms with Gasteiger partial charge in [0, 0.05) is 13.1 Å². The van der Waals surface area contributed by atoms with Crippen LogP contribution in [0.1, 0.15) is 33.6 Å². The first kappa shape index (κ1) is 15.7. The molecule has 0 aliphatic heterocycles. The van der Waals surface area contributed by atoms with Crippen LogP contribution < -0.4 is 5.32 Å². The molecule has 17 heavy (non-hydrogen) atoms. The molecule has 0 aromatic carbocycles. The second-order valence-electron chi connectivity index (χ2n) is 3.83. The molecule has 100 valence electrons. The van der Waals surface area contributed by atoms with E-state index in [0.717, 1.165) is 0 Å². The Morgan fingerprint density at radius 1 is 1.24 bits per heavy atom. The molecule has 0 bridgehead atoms. The van der Waals surface area contributed by atoms with Crippen molar-refractivity contribution in [1.29, 1.82) is 0 Å². The average Bonchev–Trinajstić information content (AvgIpc) is 2.32. The van der Waals surface area contributed by atoms with E-state index in [1.807, 2.05) is 0 Å². The smallest absolute Gasteiger partial charge is 0.329 e. The van der Waals surface area contributed by atoms with Crippen LogP contribution >= 0.6 is 0 Å². The van der Waals surface area contributed by atoms with Crippen molar-refractivity contribution in [2.45, 2.75) is 39.2 Å². The summed E-state index contributed by atoms with van der Waals surface area (Å²) in [4.78, 5) is 24.4. The molecule has 6 heteroatoms.